The highest BCUT2D eigenvalue weighted by Gasteiger charge is 2.29. The van der Waals surface area contributed by atoms with Crippen LogP contribution in [-0.4, -0.2) is 27.4 Å². The van der Waals surface area contributed by atoms with Gasteiger partial charge in [0.05, 0.1) is 15.6 Å². The Bertz CT molecular complexity index is 819. The van der Waals surface area contributed by atoms with Crippen LogP contribution in [0.5, 0.6) is 5.75 Å². The molecule has 0 spiro atoms. The van der Waals surface area contributed by atoms with Crippen LogP contribution in [0.4, 0.5) is 0 Å². The summed E-state index contributed by atoms with van der Waals surface area (Å²) in [5, 5.41) is 12.9. The van der Waals surface area contributed by atoms with Gasteiger partial charge < -0.3 is 10.1 Å². The summed E-state index contributed by atoms with van der Waals surface area (Å²) in [5.74, 6) is 2.15. The topological polar surface area (TPSA) is 53.1 Å². The van der Waals surface area contributed by atoms with Gasteiger partial charge in [-0.1, -0.05) is 55.4 Å². The SMILES string of the molecule is CCSc1cc(C(=O)c2cc(C(C)(C)C)c(O)c(C(C)(C)C)c2)c(SCC)[nH]1. The number of rotatable bonds is 6. The van der Waals surface area contributed by atoms with Crippen LogP contribution < -0.4 is 0 Å². The average molecular weight is 420 g/mol. The van der Waals surface area contributed by atoms with E-state index in [1.807, 2.05) is 18.2 Å². The van der Waals surface area contributed by atoms with E-state index in [-0.39, 0.29) is 16.6 Å². The Hall–Kier alpha value is -1.33. The van der Waals surface area contributed by atoms with Crippen LogP contribution >= 0.6 is 23.5 Å². The smallest absolute Gasteiger partial charge is 0.195 e. The third-order valence-corrected chi connectivity index (χ3v) is 6.30. The molecule has 0 saturated carbocycles. The summed E-state index contributed by atoms with van der Waals surface area (Å²) in [4.78, 5) is 16.9. The van der Waals surface area contributed by atoms with Gasteiger partial charge in [-0.25, -0.2) is 0 Å². The largest absolute Gasteiger partial charge is 0.507 e. The van der Waals surface area contributed by atoms with E-state index in [1.54, 1.807) is 23.5 Å². The Morgan fingerprint density at radius 1 is 0.929 bits per heavy atom. The van der Waals surface area contributed by atoms with E-state index >= 15 is 0 Å². The zero-order valence-electron chi connectivity index (χ0n) is 18.3. The molecular formula is C23H33NO2S2. The number of aromatic amines is 1. The van der Waals surface area contributed by atoms with Gasteiger partial charge in [0.2, 0.25) is 0 Å². The number of thioether (sulfide) groups is 2. The molecule has 0 bridgehead atoms. The van der Waals surface area contributed by atoms with Crippen LogP contribution in [0.1, 0.15) is 82.4 Å². The summed E-state index contributed by atoms with van der Waals surface area (Å²) < 4.78 is 0. The number of nitrogens with one attached hydrogen (secondary N) is 1. The molecule has 28 heavy (non-hydrogen) atoms. The van der Waals surface area contributed by atoms with E-state index in [1.165, 1.54) is 0 Å². The molecule has 0 atom stereocenters. The van der Waals surface area contributed by atoms with Gasteiger partial charge in [0.1, 0.15) is 5.75 Å². The van der Waals surface area contributed by atoms with E-state index in [9.17, 15) is 9.90 Å². The molecule has 2 aromatic rings. The molecule has 2 N–H and O–H groups in total. The Labute approximate surface area is 178 Å². The number of carbonyl (C=O) groups excluding carboxylic acids is 1. The van der Waals surface area contributed by atoms with Crippen LogP contribution in [0.3, 0.4) is 0 Å². The van der Waals surface area contributed by atoms with Crippen molar-refractivity contribution in [2.24, 2.45) is 0 Å². The first-order chi connectivity index (χ1) is 12.9. The second-order valence-corrected chi connectivity index (χ2v) is 11.6. The fraction of sp³-hybridized carbons (Fsp3) is 0.522. The molecule has 1 aromatic heterocycles. The lowest BCUT2D eigenvalue weighted by Crippen LogP contribution is -2.19. The summed E-state index contributed by atoms with van der Waals surface area (Å²) in [7, 11) is 0. The molecule has 0 saturated heterocycles. The summed E-state index contributed by atoms with van der Waals surface area (Å²) in [6.07, 6.45) is 0. The van der Waals surface area contributed by atoms with Crippen LogP contribution in [-0.2, 0) is 10.8 Å². The van der Waals surface area contributed by atoms with Crippen LogP contribution in [0, 0.1) is 0 Å². The Morgan fingerprint density at radius 2 is 1.43 bits per heavy atom. The quantitative estimate of drug-likeness (QED) is 0.401. The number of carbonyl (C=O) groups is 1. The zero-order valence-corrected chi connectivity index (χ0v) is 20.0. The number of phenolic OH excluding ortho intramolecular Hbond substituents is 1. The number of aromatic nitrogens is 1. The van der Waals surface area contributed by atoms with Gasteiger partial charge in [-0.15, -0.1) is 23.5 Å². The third kappa shape index (κ3) is 4.98. The Kier molecular flexibility index (Phi) is 7.03. The van der Waals surface area contributed by atoms with Gasteiger partial charge in [0.25, 0.3) is 0 Å². The number of aromatic hydroxyl groups is 1. The number of H-pyrrole nitrogens is 1. The second kappa shape index (κ2) is 8.58. The van der Waals surface area contributed by atoms with Crippen LogP contribution in [0.15, 0.2) is 28.3 Å². The van der Waals surface area contributed by atoms with Crippen molar-refractivity contribution >= 4 is 29.3 Å². The zero-order chi connectivity index (χ0) is 21.3. The number of hydrogen-bond acceptors (Lipinski definition) is 4. The van der Waals surface area contributed by atoms with E-state index in [4.69, 9.17) is 0 Å². The Morgan fingerprint density at radius 3 is 1.86 bits per heavy atom. The van der Waals surface area contributed by atoms with Gasteiger partial charge in [-0.05, 0) is 40.5 Å². The minimum atomic E-state index is -0.261. The molecular weight excluding hydrogens is 386 g/mol. The molecule has 0 fully saturated rings. The summed E-state index contributed by atoms with van der Waals surface area (Å²) in [6, 6.07) is 5.70. The molecule has 5 heteroatoms. The molecule has 0 aliphatic carbocycles. The number of ketones is 1. The van der Waals surface area contributed by atoms with Crippen molar-refractivity contribution in [2.45, 2.75) is 76.3 Å². The van der Waals surface area contributed by atoms with E-state index in [2.05, 4.69) is 60.4 Å². The fourth-order valence-electron chi connectivity index (χ4n) is 3.14. The fourth-order valence-corrected chi connectivity index (χ4v) is 4.67. The normalized spacial score (nSPS) is 12.4. The second-order valence-electron chi connectivity index (χ2n) is 8.99. The third-order valence-electron chi connectivity index (χ3n) is 4.58. The summed E-state index contributed by atoms with van der Waals surface area (Å²) >= 11 is 3.36. The molecule has 3 nitrogen and oxygen atoms in total. The standard InChI is InChI=1S/C23H33NO2S2/c1-9-27-18-13-15(21(24-18)28-10-2)19(25)14-11-16(22(3,4)5)20(26)17(12-14)23(6,7)8/h11-13,24,26H,9-10H2,1-8H3. The molecule has 0 radical (unpaired) electrons. The molecule has 2 rings (SSSR count). The number of phenols is 1. The van der Waals surface area contributed by atoms with Gasteiger partial charge in [0.15, 0.2) is 5.78 Å². The average Bonchev–Trinajstić information content (AvgIpc) is 2.95. The number of hydrogen-bond donors (Lipinski definition) is 2. The highest BCUT2D eigenvalue weighted by atomic mass is 32.2. The molecule has 0 amide bonds. The van der Waals surface area contributed by atoms with Gasteiger partial charge in [-0.3, -0.25) is 4.79 Å². The lowest BCUT2D eigenvalue weighted by Gasteiger charge is -2.28. The molecule has 0 aliphatic rings. The minimum Gasteiger partial charge on any atom is -0.507 e. The van der Waals surface area contributed by atoms with Gasteiger partial charge in [0, 0.05) is 16.7 Å². The predicted molar refractivity (Wildman–Crippen MR) is 123 cm³/mol. The predicted octanol–water partition coefficient (Wildman–Crippen LogP) is 6.77. The molecule has 0 aliphatic heterocycles. The van der Waals surface area contributed by atoms with Crippen molar-refractivity contribution in [2.75, 3.05) is 11.5 Å². The highest BCUT2D eigenvalue weighted by Crippen LogP contribution is 2.40. The van der Waals surface area contributed by atoms with E-state index in [0.717, 1.165) is 32.7 Å². The molecule has 154 valence electrons. The lowest BCUT2D eigenvalue weighted by molar-refractivity contribution is 0.103. The van der Waals surface area contributed by atoms with Crippen molar-refractivity contribution in [1.82, 2.24) is 4.98 Å². The molecule has 1 heterocycles. The first kappa shape index (κ1) is 23.0. The molecule has 1 aromatic carbocycles. The lowest BCUT2D eigenvalue weighted by atomic mass is 9.78. The van der Waals surface area contributed by atoms with Crippen molar-refractivity contribution in [3.8, 4) is 5.75 Å². The van der Waals surface area contributed by atoms with Crippen molar-refractivity contribution < 1.29 is 9.90 Å². The summed E-state index contributed by atoms with van der Waals surface area (Å²) in [5.41, 5.74) is 2.45. The maximum absolute atomic E-state index is 13.5. The van der Waals surface area contributed by atoms with E-state index < -0.39 is 0 Å². The molecule has 0 unspecified atom stereocenters. The van der Waals surface area contributed by atoms with Crippen LogP contribution in [0.25, 0.3) is 0 Å². The maximum atomic E-state index is 13.5. The number of benzene rings is 1. The highest BCUT2D eigenvalue weighted by molar-refractivity contribution is 8.00. The van der Waals surface area contributed by atoms with Crippen LogP contribution in [0.2, 0.25) is 0 Å². The Balaban J connectivity index is 2.66. The van der Waals surface area contributed by atoms with E-state index in [0.29, 0.717) is 16.9 Å². The maximum Gasteiger partial charge on any atom is 0.195 e. The summed E-state index contributed by atoms with van der Waals surface area (Å²) in [6.45, 7) is 16.6. The van der Waals surface area contributed by atoms with Crippen molar-refractivity contribution in [3.63, 3.8) is 0 Å². The first-order valence-electron chi connectivity index (χ1n) is 9.81. The van der Waals surface area contributed by atoms with Gasteiger partial charge >= 0.3 is 0 Å². The van der Waals surface area contributed by atoms with Crippen molar-refractivity contribution in [1.29, 1.82) is 0 Å². The monoisotopic (exact) mass is 419 g/mol. The van der Waals surface area contributed by atoms with Gasteiger partial charge in [-0.2, -0.15) is 0 Å². The van der Waals surface area contributed by atoms with Crippen molar-refractivity contribution in [3.05, 3.63) is 40.5 Å². The minimum absolute atomic E-state index is 0.00570. The first-order valence-corrected chi connectivity index (χ1v) is 11.8.